The lowest BCUT2D eigenvalue weighted by molar-refractivity contribution is -0.0490. The molecule has 0 amide bonds. The summed E-state index contributed by atoms with van der Waals surface area (Å²) < 4.78 is 11.5. The van der Waals surface area contributed by atoms with Crippen LogP contribution in [-0.2, 0) is 9.47 Å². The molecule has 0 saturated carbocycles. The third kappa shape index (κ3) is 4.41. The zero-order valence-corrected chi connectivity index (χ0v) is 14.9. The molecule has 0 N–H and O–H groups in total. The van der Waals surface area contributed by atoms with E-state index in [2.05, 4.69) is 29.1 Å². The molecule has 0 aliphatic carbocycles. The molecule has 2 fully saturated rings. The van der Waals surface area contributed by atoms with E-state index in [1.54, 1.807) is 0 Å². The Balaban J connectivity index is 0.00000106. The zero-order valence-electron chi connectivity index (χ0n) is 13.2. The molecule has 0 aromatic carbocycles. The van der Waals surface area contributed by atoms with E-state index < -0.39 is 0 Å². The molecule has 0 aromatic rings. The van der Waals surface area contributed by atoms with Crippen molar-refractivity contribution < 1.29 is 9.47 Å². The number of rotatable bonds is 2. The van der Waals surface area contributed by atoms with Crippen molar-refractivity contribution in [2.75, 3.05) is 25.5 Å². The summed E-state index contributed by atoms with van der Waals surface area (Å²) in [4.78, 5) is 6.55. The van der Waals surface area contributed by atoms with Crippen molar-refractivity contribution >= 4 is 30.1 Å². The minimum atomic E-state index is 0.0488. The first kappa shape index (κ1) is 18.4. The normalized spacial score (nSPS) is 29.0. The van der Waals surface area contributed by atoms with Crippen LogP contribution in [0.15, 0.2) is 28.1 Å². The summed E-state index contributed by atoms with van der Waals surface area (Å²) in [5.41, 5.74) is 1.04. The van der Waals surface area contributed by atoms with Crippen LogP contribution in [0.1, 0.15) is 27.7 Å². The second-order valence-electron chi connectivity index (χ2n) is 4.74. The van der Waals surface area contributed by atoms with Crippen LogP contribution >= 0.6 is 24.2 Å². The lowest BCUT2D eigenvalue weighted by Crippen LogP contribution is -2.58. The van der Waals surface area contributed by atoms with E-state index in [1.165, 1.54) is 0 Å². The number of thiol groups is 1. The SMILES string of the molecule is C=C(Cl)/N=C1\C(=C(/C)CS)OC(C)C2COCCN12.CC. The fraction of sp³-hybridized carbons (Fsp3) is 0.667. The van der Waals surface area contributed by atoms with Crippen LogP contribution < -0.4 is 0 Å². The largest absolute Gasteiger partial charge is 0.485 e. The van der Waals surface area contributed by atoms with Gasteiger partial charge in [-0.1, -0.05) is 32.0 Å². The summed E-state index contributed by atoms with van der Waals surface area (Å²) >= 11 is 10.2. The van der Waals surface area contributed by atoms with Gasteiger partial charge in [0.05, 0.1) is 19.3 Å². The first-order chi connectivity index (χ1) is 10.0. The Morgan fingerprint density at radius 3 is 2.76 bits per heavy atom. The second-order valence-corrected chi connectivity index (χ2v) is 5.49. The summed E-state index contributed by atoms with van der Waals surface area (Å²) in [7, 11) is 0. The van der Waals surface area contributed by atoms with Gasteiger partial charge in [0.25, 0.3) is 0 Å². The highest BCUT2D eigenvalue weighted by Gasteiger charge is 2.39. The van der Waals surface area contributed by atoms with Gasteiger partial charge in [-0.3, -0.25) is 0 Å². The zero-order chi connectivity index (χ0) is 16.0. The van der Waals surface area contributed by atoms with Crippen molar-refractivity contribution in [1.29, 1.82) is 0 Å². The number of morpholine rings is 2. The number of fused-ring (bicyclic) bond motifs is 1. The van der Waals surface area contributed by atoms with Crippen LogP contribution in [-0.4, -0.2) is 48.4 Å². The molecule has 0 bridgehead atoms. The van der Waals surface area contributed by atoms with E-state index in [9.17, 15) is 0 Å². The first-order valence-corrected chi connectivity index (χ1v) is 8.30. The first-order valence-electron chi connectivity index (χ1n) is 7.29. The number of hydrogen-bond donors (Lipinski definition) is 1. The minimum absolute atomic E-state index is 0.0488. The van der Waals surface area contributed by atoms with E-state index in [0.717, 1.165) is 23.7 Å². The van der Waals surface area contributed by atoms with Crippen LogP contribution in [0.2, 0.25) is 0 Å². The van der Waals surface area contributed by atoms with Crippen molar-refractivity contribution in [2.24, 2.45) is 4.99 Å². The van der Waals surface area contributed by atoms with Gasteiger partial charge in [-0.05, 0) is 19.4 Å². The number of amidine groups is 1. The summed E-state index contributed by atoms with van der Waals surface area (Å²) in [5.74, 6) is 2.13. The third-order valence-electron chi connectivity index (χ3n) is 3.34. The molecule has 2 saturated heterocycles. The van der Waals surface area contributed by atoms with Crippen LogP contribution in [0.3, 0.4) is 0 Å². The fourth-order valence-electron chi connectivity index (χ4n) is 2.32. The summed E-state index contributed by atoms with van der Waals surface area (Å²) in [6.45, 7) is 13.8. The molecule has 21 heavy (non-hydrogen) atoms. The third-order valence-corrected chi connectivity index (χ3v) is 3.90. The van der Waals surface area contributed by atoms with E-state index in [1.807, 2.05) is 27.7 Å². The Morgan fingerprint density at radius 1 is 1.52 bits per heavy atom. The van der Waals surface area contributed by atoms with E-state index in [0.29, 0.717) is 19.0 Å². The Labute approximate surface area is 138 Å². The van der Waals surface area contributed by atoms with Crippen molar-refractivity contribution in [2.45, 2.75) is 39.8 Å². The maximum absolute atomic E-state index is 6.00. The molecule has 0 spiro atoms. The van der Waals surface area contributed by atoms with Gasteiger partial charge < -0.3 is 14.4 Å². The van der Waals surface area contributed by atoms with Crippen molar-refractivity contribution in [3.8, 4) is 0 Å². The molecule has 6 heteroatoms. The average molecular weight is 333 g/mol. The molecular formula is C15H25ClN2O2S. The van der Waals surface area contributed by atoms with Gasteiger partial charge >= 0.3 is 0 Å². The Kier molecular flexibility index (Phi) is 7.63. The molecule has 0 aromatic heterocycles. The van der Waals surface area contributed by atoms with Gasteiger partial charge in [-0.25, -0.2) is 4.99 Å². The molecule has 2 aliphatic rings. The fourth-order valence-corrected chi connectivity index (χ4v) is 2.54. The number of halogens is 1. The van der Waals surface area contributed by atoms with Gasteiger partial charge in [0.1, 0.15) is 11.3 Å². The number of hydrogen-bond acceptors (Lipinski definition) is 4. The Hall–Kier alpha value is -0.650. The highest BCUT2D eigenvalue weighted by atomic mass is 35.5. The highest BCUT2D eigenvalue weighted by Crippen LogP contribution is 2.28. The molecule has 2 atom stereocenters. The quantitative estimate of drug-likeness (QED) is 0.621. The van der Waals surface area contributed by atoms with Crippen LogP contribution in [0.4, 0.5) is 0 Å². The maximum atomic E-state index is 6.00. The molecule has 4 nitrogen and oxygen atoms in total. The van der Waals surface area contributed by atoms with Gasteiger partial charge in [0.2, 0.25) is 0 Å². The summed E-state index contributed by atoms with van der Waals surface area (Å²) in [6, 6.07) is 0.167. The summed E-state index contributed by atoms with van der Waals surface area (Å²) in [5, 5.41) is 0.253. The molecule has 120 valence electrons. The van der Waals surface area contributed by atoms with Crippen LogP contribution in [0.25, 0.3) is 0 Å². The lowest BCUT2D eigenvalue weighted by atomic mass is 10.1. The topological polar surface area (TPSA) is 34.1 Å². The smallest absolute Gasteiger partial charge is 0.173 e. The molecule has 0 radical (unpaired) electrons. The van der Waals surface area contributed by atoms with Gasteiger partial charge in [0, 0.05) is 12.3 Å². The average Bonchev–Trinajstić information content (AvgIpc) is 2.51. The van der Waals surface area contributed by atoms with Crippen LogP contribution in [0.5, 0.6) is 0 Å². The Morgan fingerprint density at radius 2 is 2.19 bits per heavy atom. The highest BCUT2D eigenvalue weighted by molar-refractivity contribution is 7.80. The number of ether oxygens (including phenoxy) is 2. The van der Waals surface area contributed by atoms with Crippen molar-refractivity contribution in [3.05, 3.63) is 23.1 Å². The van der Waals surface area contributed by atoms with Gasteiger partial charge in [0.15, 0.2) is 11.6 Å². The number of aliphatic imine (C=N–C) groups is 1. The molecule has 2 aliphatic heterocycles. The van der Waals surface area contributed by atoms with Crippen molar-refractivity contribution in [1.82, 2.24) is 4.90 Å². The Bertz CT molecular complexity index is 437. The monoisotopic (exact) mass is 332 g/mol. The number of nitrogens with zero attached hydrogens (tertiary/aromatic N) is 2. The predicted octanol–water partition coefficient (Wildman–Crippen LogP) is 3.44. The van der Waals surface area contributed by atoms with Gasteiger partial charge in [-0.15, -0.1) is 0 Å². The van der Waals surface area contributed by atoms with E-state index in [4.69, 9.17) is 21.1 Å². The molecular weight excluding hydrogens is 308 g/mol. The summed E-state index contributed by atoms with van der Waals surface area (Å²) in [6.07, 6.45) is 0.0488. The van der Waals surface area contributed by atoms with Gasteiger partial charge in [-0.2, -0.15) is 12.6 Å². The standard InChI is InChI=1S/C13H19ClN2O2S.C2H6/c1-8(7-19)12-13(15-10(3)14)16-4-5-17-6-11(16)9(2)18-12;1-2/h9,11,19H,3-7H2,1-2H3;1-2H3/b12-8-,15-13+;. The predicted molar refractivity (Wildman–Crippen MR) is 92.2 cm³/mol. The maximum Gasteiger partial charge on any atom is 0.173 e. The molecule has 2 unspecified atom stereocenters. The minimum Gasteiger partial charge on any atom is -0.485 e. The van der Waals surface area contributed by atoms with Crippen molar-refractivity contribution in [3.63, 3.8) is 0 Å². The second kappa shape index (κ2) is 8.71. The molecule has 2 heterocycles. The molecule has 2 rings (SSSR count). The lowest BCUT2D eigenvalue weighted by Gasteiger charge is -2.45. The van der Waals surface area contributed by atoms with E-state index >= 15 is 0 Å². The van der Waals surface area contributed by atoms with E-state index in [-0.39, 0.29) is 17.3 Å². The van der Waals surface area contributed by atoms with Crippen LogP contribution in [0, 0.1) is 0 Å².